The minimum Gasteiger partial charge on any atom is -0.480 e. The maximum Gasteiger partial charge on any atom is 0.407 e. The van der Waals surface area contributed by atoms with Gasteiger partial charge in [0.1, 0.15) is 29.9 Å². The van der Waals surface area contributed by atoms with E-state index in [1.165, 1.54) is 0 Å². The summed E-state index contributed by atoms with van der Waals surface area (Å²) in [5.74, 6) is -0.935. The SMILES string of the molecule is CC(C)[C@@H](C(=O)O)N(C)CCOCCNC(=O)OC(C)(C)C.CC(C)[C@@H](C(=O)OCc1ccccc1)N(C)CCOCCNC(=O)OC(C)(C)C.CCO. The number of esters is 1. The molecule has 4 N–H and O–H groups in total. The number of hydrogen-bond donors (Lipinski definition) is 4. The van der Waals surface area contributed by atoms with Gasteiger partial charge in [0.15, 0.2) is 0 Å². The third kappa shape index (κ3) is 28.9. The van der Waals surface area contributed by atoms with E-state index in [-0.39, 0.29) is 37.1 Å². The van der Waals surface area contributed by atoms with Crippen LogP contribution in [0.3, 0.4) is 0 Å². The molecule has 2 atom stereocenters. The lowest BCUT2D eigenvalue weighted by Gasteiger charge is -2.29. The summed E-state index contributed by atoms with van der Waals surface area (Å²) < 4.78 is 26.7. The number of likely N-dealkylation sites (N-methyl/N-ethyl adjacent to an activating group) is 2. The van der Waals surface area contributed by atoms with Crippen LogP contribution in [0.1, 0.15) is 81.7 Å². The molecular formula is C39H72N4O11. The van der Waals surface area contributed by atoms with Gasteiger partial charge in [-0.05, 0) is 80.0 Å². The number of alkyl carbamates (subject to hydrolysis) is 2. The lowest BCUT2D eigenvalue weighted by atomic mass is 10.0. The van der Waals surface area contributed by atoms with Gasteiger partial charge in [-0.1, -0.05) is 58.0 Å². The number of carboxylic acid groups (broad SMARTS) is 1. The molecule has 0 aliphatic rings. The minimum absolute atomic E-state index is 0.0244. The normalized spacial score (nSPS) is 12.6. The molecule has 0 bridgehead atoms. The topological polar surface area (TPSA) is 185 Å². The Morgan fingerprint density at radius 3 is 1.44 bits per heavy atom. The maximum atomic E-state index is 12.6. The van der Waals surface area contributed by atoms with Crippen molar-refractivity contribution in [1.82, 2.24) is 20.4 Å². The van der Waals surface area contributed by atoms with Crippen LogP contribution < -0.4 is 10.6 Å². The molecule has 1 aromatic rings. The minimum atomic E-state index is -0.830. The van der Waals surface area contributed by atoms with E-state index < -0.39 is 35.4 Å². The number of benzene rings is 1. The summed E-state index contributed by atoms with van der Waals surface area (Å²) in [7, 11) is 3.65. The number of rotatable bonds is 20. The molecule has 0 saturated carbocycles. The van der Waals surface area contributed by atoms with Crippen molar-refractivity contribution < 1.29 is 53.1 Å². The predicted molar refractivity (Wildman–Crippen MR) is 209 cm³/mol. The number of amides is 2. The third-order valence-corrected chi connectivity index (χ3v) is 6.94. The van der Waals surface area contributed by atoms with Crippen LogP contribution in [0.25, 0.3) is 0 Å². The first-order valence-corrected chi connectivity index (χ1v) is 18.6. The highest BCUT2D eigenvalue weighted by atomic mass is 16.6. The van der Waals surface area contributed by atoms with Crippen LogP contribution in [-0.4, -0.2) is 141 Å². The number of carboxylic acids is 1. The predicted octanol–water partition coefficient (Wildman–Crippen LogP) is 4.79. The zero-order valence-electron chi connectivity index (χ0n) is 35.2. The fourth-order valence-electron chi connectivity index (χ4n) is 4.74. The van der Waals surface area contributed by atoms with Crippen molar-refractivity contribution in [2.24, 2.45) is 11.8 Å². The number of carbonyl (C=O) groups is 4. The van der Waals surface area contributed by atoms with Crippen molar-refractivity contribution in [3.05, 3.63) is 35.9 Å². The number of hydrogen-bond acceptors (Lipinski definition) is 12. The van der Waals surface area contributed by atoms with Gasteiger partial charge in [-0.25, -0.2) is 9.59 Å². The zero-order chi connectivity index (χ0) is 41.9. The lowest BCUT2D eigenvalue weighted by molar-refractivity contribution is -0.153. The second-order valence-electron chi connectivity index (χ2n) is 15.2. The molecule has 15 nitrogen and oxygen atoms in total. The number of nitrogens with zero attached hydrogens (tertiary/aromatic N) is 2. The van der Waals surface area contributed by atoms with E-state index in [1.807, 2.05) is 90.7 Å². The van der Waals surface area contributed by atoms with Gasteiger partial charge in [-0.3, -0.25) is 19.4 Å². The lowest BCUT2D eigenvalue weighted by Crippen LogP contribution is -2.45. The smallest absolute Gasteiger partial charge is 0.407 e. The Morgan fingerprint density at radius 2 is 1.09 bits per heavy atom. The Labute approximate surface area is 324 Å². The monoisotopic (exact) mass is 773 g/mol. The summed E-state index contributed by atoms with van der Waals surface area (Å²) >= 11 is 0. The van der Waals surface area contributed by atoms with E-state index in [4.69, 9.17) is 33.9 Å². The summed E-state index contributed by atoms with van der Waals surface area (Å²) in [6, 6.07) is 8.76. The maximum absolute atomic E-state index is 12.6. The largest absolute Gasteiger partial charge is 0.480 e. The highest BCUT2D eigenvalue weighted by Gasteiger charge is 2.28. The zero-order valence-corrected chi connectivity index (χ0v) is 35.2. The number of aliphatic hydroxyl groups is 1. The number of ether oxygens (including phenoxy) is 5. The third-order valence-electron chi connectivity index (χ3n) is 6.94. The van der Waals surface area contributed by atoms with Crippen molar-refractivity contribution in [3.63, 3.8) is 0 Å². The molecule has 2 amide bonds. The van der Waals surface area contributed by atoms with Crippen molar-refractivity contribution in [1.29, 1.82) is 0 Å². The van der Waals surface area contributed by atoms with Crippen LogP contribution in [0.5, 0.6) is 0 Å². The molecule has 1 rings (SSSR count). The Kier molecular flexibility index (Phi) is 28.1. The van der Waals surface area contributed by atoms with Gasteiger partial charge in [0, 0.05) is 32.8 Å². The first-order valence-electron chi connectivity index (χ1n) is 18.6. The second kappa shape index (κ2) is 28.9. The van der Waals surface area contributed by atoms with E-state index >= 15 is 0 Å². The quantitative estimate of drug-likeness (QED) is 0.0806. The molecule has 0 spiro atoms. The second-order valence-corrected chi connectivity index (χ2v) is 15.2. The van der Waals surface area contributed by atoms with Gasteiger partial charge in [0.2, 0.25) is 0 Å². The fourth-order valence-corrected chi connectivity index (χ4v) is 4.74. The molecule has 0 fully saturated rings. The number of carbonyl (C=O) groups excluding carboxylic acids is 3. The van der Waals surface area contributed by atoms with Crippen LogP contribution in [0.2, 0.25) is 0 Å². The summed E-state index contributed by atoms with van der Waals surface area (Å²) in [5.41, 5.74) is -0.0721. The first kappa shape index (κ1) is 52.6. The molecule has 0 aliphatic heterocycles. The molecule has 0 unspecified atom stereocenters. The summed E-state index contributed by atoms with van der Waals surface area (Å²) in [6.07, 6.45) is -0.932. The summed E-state index contributed by atoms with van der Waals surface area (Å²) in [4.78, 5) is 50.4. The van der Waals surface area contributed by atoms with Crippen molar-refractivity contribution in [2.75, 3.05) is 73.3 Å². The van der Waals surface area contributed by atoms with Gasteiger partial charge in [-0.2, -0.15) is 0 Å². The average Bonchev–Trinajstić information content (AvgIpc) is 3.02. The van der Waals surface area contributed by atoms with Crippen molar-refractivity contribution in [3.8, 4) is 0 Å². The fraction of sp³-hybridized carbons (Fsp3) is 0.744. The molecule has 314 valence electrons. The van der Waals surface area contributed by atoms with E-state index in [2.05, 4.69) is 10.6 Å². The molecule has 0 aromatic heterocycles. The van der Waals surface area contributed by atoms with Crippen LogP contribution >= 0.6 is 0 Å². The van der Waals surface area contributed by atoms with Crippen LogP contribution in [0.15, 0.2) is 30.3 Å². The Balaban J connectivity index is 0. The van der Waals surface area contributed by atoms with E-state index in [9.17, 15) is 19.2 Å². The highest BCUT2D eigenvalue weighted by Crippen LogP contribution is 2.13. The number of aliphatic carboxylic acids is 1. The summed E-state index contributed by atoms with van der Waals surface area (Å²) in [6.45, 7) is 24.2. The van der Waals surface area contributed by atoms with Gasteiger partial charge in [-0.15, -0.1) is 0 Å². The Morgan fingerprint density at radius 1 is 0.704 bits per heavy atom. The number of aliphatic hydroxyl groups excluding tert-OH is 1. The molecule has 0 aliphatic carbocycles. The van der Waals surface area contributed by atoms with Gasteiger partial charge in [0.25, 0.3) is 0 Å². The Hall–Kier alpha value is -3.50. The number of nitrogens with one attached hydrogen (secondary N) is 2. The first-order chi connectivity index (χ1) is 25.1. The Bertz CT molecular complexity index is 1160. The molecule has 0 radical (unpaired) electrons. The van der Waals surface area contributed by atoms with Crippen LogP contribution in [0.4, 0.5) is 9.59 Å². The van der Waals surface area contributed by atoms with Crippen molar-refractivity contribution >= 4 is 24.1 Å². The molecular weight excluding hydrogens is 700 g/mol. The van der Waals surface area contributed by atoms with Gasteiger partial charge in [0.05, 0.1) is 26.4 Å². The van der Waals surface area contributed by atoms with Gasteiger partial charge >= 0.3 is 24.1 Å². The van der Waals surface area contributed by atoms with E-state index in [0.717, 1.165) is 5.56 Å². The van der Waals surface area contributed by atoms with Crippen molar-refractivity contribution in [2.45, 2.75) is 106 Å². The molecule has 54 heavy (non-hydrogen) atoms. The molecule has 1 aromatic carbocycles. The molecule has 0 heterocycles. The van der Waals surface area contributed by atoms with Crippen LogP contribution in [0, 0.1) is 11.8 Å². The standard InChI is InChI=1S/C22H36N2O5.C15H30N2O5.C2H6O/c1-17(2)19(20(25)28-16-18-10-8-7-9-11-18)24(6)13-15-27-14-12-23-21(26)29-22(3,4)5;1-11(2)12(13(18)19)17(6)8-10-21-9-7-16-14(20)22-15(3,4)5;1-2-3/h7-11,17,19H,12-16H2,1-6H3,(H,23,26);11-12H,7-10H2,1-6H3,(H,16,20)(H,18,19);3H,2H2,1H3/t19-;12-;/m00./s1. The highest BCUT2D eigenvalue weighted by molar-refractivity contribution is 5.76. The average molecular weight is 773 g/mol. The molecule has 15 heteroatoms. The van der Waals surface area contributed by atoms with Crippen LogP contribution in [-0.2, 0) is 39.9 Å². The summed E-state index contributed by atoms with van der Waals surface area (Å²) in [5, 5.41) is 22.0. The molecule has 0 saturated heterocycles. The van der Waals surface area contributed by atoms with E-state index in [1.54, 1.807) is 39.6 Å². The van der Waals surface area contributed by atoms with E-state index in [0.29, 0.717) is 52.6 Å². The van der Waals surface area contributed by atoms with Gasteiger partial charge < -0.3 is 44.5 Å².